The van der Waals surface area contributed by atoms with Crippen molar-refractivity contribution in [3.63, 3.8) is 0 Å². The average Bonchev–Trinajstić information content (AvgIpc) is 3.18. The minimum Gasteiger partial charge on any atom is -0.351 e. The summed E-state index contributed by atoms with van der Waals surface area (Å²) in [5.74, 6) is 2.87. The Balaban J connectivity index is 1.62. The van der Waals surface area contributed by atoms with Crippen LogP contribution in [0.1, 0.15) is 23.8 Å². The number of nitrogens with one attached hydrogen (secondary N) is 1. The maximum Gasteiger partial charge on any atom is 0.194 e. The van der Waals surface area contributed by atoms with Crippen LogP contribution >= 0.6 is 11.6 Å². The maximum atomic E-state index is 6.04. The normalized spacial score (nSPS) is 14.2. The van der Waals surface area contributed by atoms with Gasteiger partial charge in [-0.3, -0.25) is 4.99 Å². The Hall–Kier alpha value is -2.02. The number of nitrogens with zero attached hydrogens (tertiary/aromatic N) is 6. The monoisotopic (exact) mass is 335 g/mol. The van der Waals surface area contributed by atoms with Gasteiger partial charge in [0.15, 0.2) is 11.8 Å². The first-order valence-corrected chi connectivity index (χ1v) is 8.09. The summed E-state index contributed by atoms with van der Waals surface area (Å²) in [5.41, 5.74) is 1.13. The second kappa shape index (κ2) is 6.62. The highest BCUT2D eigenvalue weighted by molar-refractivity contribution is 6.30. The summed E-state index contributed by atoms with van der Waals surface area (Å²) in [6, 6.07) is 1.97. The molecule has 3 heterocycles. The predicted molar refractivity (Wildman–Crippen MR) is 90.4 cm³/mol. The fourth-order valence-electron chi connectivity index (χ4n) is 2.93. The van der Waals surface area contributed by atoms with Gasteiger partial charge in [0.2, 0.25) is 0 Å². The number of hydrogen-bond donors (Lipinski definition) is 1. The van der Waals surface area contributed by atoms with E-state index in [0.29, 0.717) is 6.54 Å². The molecular weight excluding hydrogens is 314 g/mol. The van der Waals surface area contributed by atoms with Crippen molar-refractivity contribution in [2.75, 3.05) is 14.1 Å². The molecule has 0 aliphatic carbocycles. The van der Waals surface area contributed by atoms with Crippen molar-refractivity contribution >= 4 is 17.6 Å². The molecule has 124 valence electrons. The van der Waals surface area contributed by atoms with Crippen LogP contribution in [0.4, 0.5) is 0 Å². The van der Waals surface area contributed by atoms with Crippen LogP contribution in [-0.2, 0) is 33.1 Å². The third-order valence-electron chi connectivity index (χ3n) is 4.14. The Morgan fingerprint density at radius 3 is 3.00 bits per heavy atom. The van der Waals surface area contributed by atoms with E-state index in [1.165, 1.54) is 0 Å². The van der Waals surface area contributed by atoms with E-state index >= 15 is 0 Å². The highest BCUT2D eigenvalue weighted by Gasteiger charge is 2.18. The van der Waals surface area contributed by atoms with Gasteiger partial charge in [-0.1, -0.05) is 11.6 Å². The van der Waals surface area contributed by atoms with Gasteiger partial charge in [0.1, 0.15) is 5.82 Å². The lowest BCUT2D eigenvalue weighted by atomic mass is 10.4. The summed E-state index contributed by atoms with van der Waals surface area (Å²) in [5, 5.41) is 12.6. The number of aliphatic imine (C=N–C) groups is 1. The quantitative estimate of drug-likeness (QED) is 0.678. The van der Waals surface area contributed by atoms with Gasteiger partial charge in [-0.05, 0) is 12.5 Å². The third-order valence-corrected chi connectivity index (χ3v) is 4.34. The van der Waals surface area contributed by atoms with Crippen LogP contribution in [0.25, 0.3) is 0 Å². The summed E-state index contributed by atoms with van der Waals surface area (Å²) >= 11 is 6.04. The highest BCUT2D eigenvalue weighted by atomic mass is 35.5. The van der Waals surface area contributed by atoms with E-state index in [0.717, 1.165) is 54.3 Å². The number of halogens is 1. The molecule has 0 radical (unpaired) electrons. The summed E-state index contributed by atoms with van der Waals surface area (Å²) in [6.45, 7) is 2.36. The highest BCUT2D eigenvalue weighted by Crippen LogP contribution is 2.15. The molecule has 1 aliphatic heterocycles. The number of hydrogen-bond acceptors (Lipinski definition) is 3. The molecule has 23 heavy (non-hydrogen) atoms. The summed E-state index contributed by atoms with van der Waals surface area (Å²) in [6.07, 6.45) is 4.08. The molecule has 0 amide bonds. The number of guanidine groups is 1. The van der Waals surface area contributed by atoms with Crippen molar-refractivity contribution in [2.45, 2.75) is 32.5 Å². The van der Waals surface area contributed by atoms with Crippen LogP contribution in [0, 0.1) is 0 Å². The molecule has 7 nitrogen and oxygen atoms in total. The number of aryl methyl sites for hydroxylation is 2. The molecule has 0 unspecified atom stereocenters. The first kappa shape index (κ1) is 15.9. The van der Waals surface area contributed by atoms with E-state index in [2.05, 4.69) is 30.0 Å². The molecule has 2 aromatic heterocycles. The fraction of sp³-hybridized carbons (Fsp3) is 0.533. The molecule has 2 aromatic rings. The van der Waals surface area contributed by atoms with Gasteiger partial charge in [-0.25, -0.2) is 0 Å². The predicted octanol–water partition coefficient (Wildman–Crippen LogP) is 1.42. The lowest BCUT2D eigenvalue weighted by Gasteiger charge is -2.22. The Bertz CT molecular complexity index is 715. The van der Waals surface area contributed by atoms with Crippen molar-refractivity contribution in [3.05, 3.63) is 34.6 Å². The summed E-state index contributed by atoms with van der Waals surface area (Å²) < 4.78 is 4.22. The van der Waals surface area contributed by atoms with Gasteiger partial charge in [0.25, 0.3) is 0 Å². The Morgan fingerprint density at radius 1 is 1.48 bits per heavy atom. The Morgan fingerprint density at radius 2 is 2.30 bits per heavy atom. The van der Waals surface area contributed by atoms with Gasteiger partial charge in [-0.15, -0.1) is 10.2 Å². The molecule has 0 aromatic carbocycles. The molecule has 0 fully saturated rings. The zero-order valence-corrected chi connectivity index (χ0v) is 14.5. The lowest BCUT2D eigenvalue weighted by Crippen LogP contribution is -2.38. The molecule has 0 spiro atoms. The minimum atomic E-state index is 0.623. The van der Waals surface area contributed by atoms with Crippen molar-refractivity contribution in [2.24, 2.45) is 12.0 Å². The average molecular weight is 336 g/mol. The molecule has 1 aliphatic rings. The van der Waals surface area contributed by atoms with Crippen molar-refractivity contribution in [3.8, 4) is 0 Å². The second-order valence-electron chi connectivity index (χ2n) is 5.81. The summed E-state index contributed by atoms with van der Waals surface area (Å²) in [7, 11) is 5.78. The number of rotatable bonds is 4. The van der Waals surface area contributed by atoms with Crippen LogP contribution in [0.15, 0.2) is 17.3 Å². The van der Waals surface area contributed by atoms with Crippen LogP contribution in [0.3, 0.4) is 0 Å². The smallest absolute Gasteiger partial charge is 0.194 e. The fourth-order valence-corrected chi connectivity index (χ4v) is 3.20. The van der Waals surface area contributed by atoms with Crippen molar-refractivity contribution in [1.29, 1.82) is 0 Å². The first-order chi connectivity index (χ1) is 11.1. The van der Waals surface area contributed by atoms with Crippen molar-refractivity contribution < 1.29 is 0 Å². The van der Waals surface area contributed by atoms with E-state index in [-0.39, 0.29) is 0 Å². The topological polar surface area (TPSA) is 63.3 Å². The zero-order valence-electron chi connectivity index (χ0n) is 13.8. The number of fused-ring (bicyclic) bond motifs is 1. The van der Waals surface area contributed by atoms with Gasteiger partial charge in [-0.2, -0.15) is 0 Å². The molecular formula is C15H22ClN7. The second-order valence-corrected chi connectivity index (χ2v) is 6.24. The molecule has 1 N–H and O–H groups in total. The molecule has 8 heteroatoms. The SMILES string of the molecule is CN=C(NCc1nnc2n1CCC2)N(C)Cc1cc(Cl)cn1C. The molecule has 0 atom stereocenters. The Kier molecular flexibility index (Phi) is 4.56. The van der Waals surface area contributed by atoms with E-state index in [9.17, 15) is 0 Å². The van der Waals surface area contributed by atoms with Crippen molar-refractivity contribution in [1.82, 2.24) is 29.5 Å². The van der Waals surface area contributed by atoms with Gasteiger partial charge >= 0.3 is 0 Å². The number of aromatic nitrogens is 4. The molecule has 0 bridgehead atoms. The maximum absolute atomic E-state index is 6.04. The molecule has 0 saturated carbocycles. The van der Waals surface area contributed by atoms with Crippen LogP contribution < -0.4 is 5.32 Å². The first-order valence-electron chi connectivity index (χ1n) is 7.72. The van der Waals surface area contributed by atoms with E-state index < -0.39 is 0 Å². The van der Waals surface area contributed by atoms with Crippen LogP contribution in [0.2, 0.25) is 5.02 Å². The van der Waals surface area contributed by atoms with E-state index in [4.69, 9.17) is 11.6 Å². The zero-order chi connectivity index (χ0) is 16.4. The third kappa shape index (κ3) is 3.34. The largest absolute Gasteiger partial charge is 0.351 e. The standard InChI is InChI=1S/C15H22ClN7/c1-17-15(22(3)10-12-7-11(16)9-21(12)2)18-8-14-20-19-13-5-4-6-23(13)14/h7,9H,4-6,8,10H2,1-3H3,(H,17,18). The molecule has 0 saturated heterocycles. The lowest BCUT2D eigenvalue weighted by molar-refractivity contribution is 0.459. The van der Waals surface area contributed by atoms with E-state index in [1.807, 2.05) is 30.9 Å². The minimum absolute atomic E-state index is 0.623. The molecule has 3 rings (SSSR count). The van der Waals surface area contributed by atoms with Crippen LogP contribution in [0.5, 0.6) is 0 Å². The Labute approximate surface area is 141 Å². The summed E-state index contributed by atoms with van der Waals surface area (Å²) in [4.78, 5) is 6.41. The van der Waals surface area contributed by atoms with Crippen LogP contribution in [-0.4, -0.2) is 44.3 Å². The van der Waals surface area contributed by atoms with Gasteiger partial charge in [0, 0.05) is 46.0 Å². The van der Waals surface area contributed by atoms with E-state index in [1.54, 1.807) is 7.05 Å². The van der Waals surface area contributed by atoms with Gasteiger partial charge < -0.3 is 19.4 Å². The van der Waals surface area contributed by atoms with Gasteiger partial charge in [0.05, 0.1) is 18.1 Å².